The fourth-order valence-electron chi connectivity index (χ4n) is 1.73. The molecule has 1 aromatic heterocycles. The maximum absolute atomic E-state index is 5.64. The lowest BCUT2D eigenvalue weighted by atomic mass is 10.0. The van der Waals surface area contributed by atoms with E-state index >= 15 is 0 Å². The lowest BCUT2D eigenvalue weighted by Crippen LogP contribution is -2.16. The number of ether oxygens (including phenoxy) is 1. The lowest BCUT2D eigenvalue weighted by Gasteiger charge is -2.17. The van der Waals surface area contributed by atoms with E-state index in [1.807, 2.05) is 27.1 Å². The van der Waals surface area contributed by atoms with Crippen LogP contribution in [-0.2, 0) is 0 Å². The van der Waals surface area contributed by atoms with Gasteiger partial charge in [0, 0.05) is 12.2 Å². The van der Waals surface area contributed by atoms with E-state index in [0.29, 0.717) is 6.04 Å². The van der Waals surface area contributed by atoms with E-state index in [-0.39, 0.29) is 6.10 Å². The van der Waals surface area contributed by atoms with E-state index in [1.54, 1.807) is 6.20 Å². The molecule has 0 aliphatic heterocycles. The van der Waals surface area contributed by atoms with E-state index in [2.05, 4.69) is 23.3 Å². The molecule has 1 unspecified atom stereocenters. The SMILES string of the molecule is CCCC(NC)c1cncc(OC(C)C)c1. The third-order valence-electron chi connectivity index (χ3n) is 2.43. The summed E-state index contributed by atoms with van der Waals surface area (Å²) in [6, 6.07) is 2.44. The van der Waals surface area contributed by atoms with Crippen LogP contribution in [0.5, 0.6) is 5.75 Å². The molecular formula is C13H22N2O. The molecule has 3 nitrogen and oxygen atoms in total. The molecule has 0 bridgehead atoms. The van der Waals surface area contributed by atoms with Gasteiger partial charge in [0.25, 0.3) is 0 Å². The van der Waals surface area contributed by atoms with Crippen LogP contribution in [0.1, 0.15) is 45.2 Å². The van der Waals surface area contributed by atoms with Gasteiger partial charge in [-0.15, -0.1) is 0 Å². The molecule has 1 N–H and O–H groups in total. The monoisotopic (exact) mass is 222 g/mol. The molecule has 1 heterocycles. The molecule has 16 heavy (non-hydrogen) atoms. The fraction of sp³-hybridized carbons (Fsp3) is 0.615. The van der Waals surface area contributed by atoms with E-state index in [1.165, 1.54) is 5.56 Å². The zero-order valence-corrected chi connectivity index (χ0v) is 10.7. The Balaban J connectivity index is 2.79. The molecule has 0 aliphatic carbocycles. The molecule has 0 aliphatic rings. The van der Waals surface area contributed by atoms with Gasteiger partial charge in [-0.05, 0) is 38.9 Å². The van der Waals surface area contributed by atoms with Crippen LogP contribution in [0, 0.1) is 0 Å². The largest absolute Gasteiger partial charge is 0.489 e. The molecule has 0 aromatic carbocycles. The summed E-state index contributed by atoms with van der Waals surface area (Å²) in [7, 11) is 1.98. The van der Waals surface area contributed by atoms with Crippen molar-refractivity contribution >= 4 is 0 Å². The van der Waals surface area contributed by atoms with Crippen molar-refractivity contribution in [3.8, 4) is 5.75 Å². The Kier molecular flexibility index (Phi) is 5.26. The quantitative estimate of drug-likeness (QED) is 0.803. The number of hydrogen-bond acceptors (Lipinski definition) is 3. The number of nitrogens with zero attached hydrogens (tertiary/aromatic N) is 1. The fourth-order valence-corrected chi connectivity index (χ4v) is 1.73. The first kappa shape index (κ1) is 13.0. The molecule has 0 amide bonds. The topological polar surface area (TPSA) is 34.2 Å². The number of nitrogens with one attached hydrogen (secondary N) is 1. The van der Waals surface area contributed by atoms with E-state index < -0.39 is 0 Å². The highest BCUT2D eigenvalue weighted by molar-refractivity contribution is 5.26. The van der Waals surface area contributed by atoms with Crippen molar-refractivity contribution in [3.63, 3.8) is 0 Å². The Morgan fingerprint density at radius 2 is 2.12 bits per heavy atom. The molecule has 1 rings (SSSR count). The van der Waals surface area contributed by atoms with Crippen LogP contribution < -0.4 is 10.1 Å². The van der Waals surface area contributed by atoms with Gasteiger partial charge in [0.1, 0.15) is 5.75 Å². The highest BCUT2D eigenvalue weighted by atomic mass is 16.5. The first-order valence-electron chi connectivity index (χ1n) is 5.96. The molecule has 3 heteroatoms. The molecule has 1 aromatic rings. The van der Waals surface area contributed by atoms with Crippen LogP contribution in [0.3, 0.4) is 0 Å². The number of hydrogen-bond donors (Lipinski definition) is 1. The Morgan fingerprint density at radius 1 is 1.38 bits per heavy atom. The summed E-state index contributed by atoms with van der Waals surface area (Å²) in [5.74, 6) is 0.851. The predicted octanol–water partition coefficient (Wildman–Crippen LogP) is 2.93. The molecular weight excluding hydrogens is 200 g/mol. The average molecular weight is 222 g/mol. The van der Waals surface area contributed by atoms with Crippen LogP contribution in [0.15, 0.2) is 18.5 Å². The van der Waals surface area contributed by atoms with Gasteiger partial charge < -0.3 is 10.1 Å². The summed E-state index contributed by atoms with van der Waals surface area (Å²) in [6.07, 6.45) is 6.13. The number of pyridine rings is 1. The van der Waals surface area contributed by atoms with Crippen LogP contribution >= 0.6 is 0 Å². The maximum atomic E-state index is 5.64. The van der Waals surface area contributed by atoms with Crippen molar-refractivity contribution in [1.29, 1.82) is 0 Å². The van der Waals surface area contributed by atoms with E-state index in [4.69, 9.17) is 4.74 Å². The first-order valence-corrected chi connectivity index (χ1v) is 5.96. The maximum Gasteiger partial charge on any atom is 0.138 e. The number of aromatic nitrogens is 1. The summed E-state index contributed by atoms with van der Waals surface area (Å²) in [4.78, 5) is 4.22. The number of rotatable bonds is 6. The standard InChI is InChI=1S/C13H22N2O/c1-5-6-13(14-4)11-7-12(9-15-8-11)16-10(2)3/h7-10,13-14H,5-6H2,1-4H3. The van der Waals surface area contributed by atoms with Crippen LogP contribution in [0.25, 0.3) is 0 Å². The van der Waals surface area contributed by atoms with Gasteiger partial charge in [-0.3, -0.25) is 4.98 Å². The summed E-state index contributed by atoms with van der Waals surface area (Å²) in [5, 5.41) is 3.30. The average Bonchev–Trinajstić information content (AvgIpc) is 2.25. The van der Waals surface area contributed by atoms with Gasteiger partial charge in [-0.2, -0.15) is 0 Å². The van der Waals surface area contributed by atoms with E-state index in [0.717, 1.165) is 18.6 Å². The van der Waals surface area contributed by atoms with E-state index in [9.17, 15) is 0 Å². The Bertz CT molecular complexity index is 313. The van der Waals surface area contributed by atoms with Gasteiger partial charge in [0.05, 0.1) is 12.3 Å². The van der Waals surface area contributed by atoms with Crippen molar-refractivity contribution in [1.82, 2.24) is 10.3 Å². The Hall–Kier alpha value is -1.09. The van der Waals surface area contributed by atoms with Crippen LogP contribution in [-0.4, -0.2) is 18.1 Å². The molecule has 0 saturated heterocycles. The minimum absolute atomic E-state index is 0.191. The third kappa shape index (κ3) is 3.81. The Labute approximate surface area is 98.2 Å². The van der Waals surface area contributed by atoms with Crippen molar-refractivity contribution in [3.05, 3.63) is 24.0 Å². The summed E-state index contributed by atoms with van der Waals surface area (Å²) in [6.45, 7) is 6.23. The van der Waals surface area contributed by atoms with Crippen molar-refractivity contribution in [2.45, 2.75) is 45.8 Å². The molecule has 90 valence electrons. The summed E-state index contributed by atoms with van der Waals surface area (Å²) >= 11 is 0. The normalized spacial score (nSPS) is 12.8. The highest BCUT2D eigenvalue weighted by Gasteiger charge is 2.09. The zero-order chi connectivity index (χ0) is 12.0. The molecule has 0 radical (unpaired) electrons. The molecule has 0 spiro atoms. The molecule has 0 fully saturated rings. The van der Waals surface area contributed by atoms with Crippen molar-refractivity contribution in [2.24, 2.45) is 0 Å². The van der Waals surface area contributed by atoms with Gasteiger partial charge in [-0.1, -0.05) is 13.3 Å². The van der Waals surface area contributed by atoms with Crippen molar-refractivity contribution < 1.29 is 4.74 Å². The second-order valence-electron chi connectivity index (χ2n) is 4.25. The Morgan fingerprint density at radius 3 is 2.69 bits per heavy atom. The second-order valence-corrected chi connectivity index (χ2v) is 4.25. The minimum Gasteiger partial charge on any atom is -0.489 e. The minimum atomic E-state index is 0.191. The highest BCUT2D eigenvalue weighted by Crippen LogP contribution is 2.21. The van der Waals surface area contributed by atoms with Crippen molar-refractivity contribution in [2.75, 3.05) is 7.05 Å². The third-order valence-corrected chi connectivity index (χ3v) is 2.43. The van der Waals surface area contributed by atoms with Crippen LogP contribution in [0.2, 0.25) is 0 Å². The van der Waals surface area contributed by atoms with Gasteiger partial charge in [0.15, 0.2) is 0 Å². The molecule has 1 atom stereocenters. The van der Waals surface area contributed by atoms with Crippen LogP contribution in [0.4, 0.5) is 0 Å². The summed E-state index contributed by atoms with van der Waals surface area (Å²) in [5.41, 5.74) is 1.20. The second kappa shape index (κ2) is 6.48. The summed E-state index contributed by atoms with van der Waals surface area (Å²) < 4.78 is 5.64. The van der Waals surface area contributed by atoms with Gasteiger partial charge >= 0.3 is 0 Å². The van der Waals surface area contributed by atoms with Gasteiger partial charge in [0.2, 0.25) is 0 Å². The smallest absolute Gasteiger partial charge is 0.138 e. The van der Waals surface area contributed by atoms with Gasteiger partial charge in [-0.25, -0.2) is 0 Å². The first-order chi connectivity index (χ1) is 7.67. The predicted molar refractivity (Wildman–Crippen MR) is 66.7 cm³/mol. The zero-order valence-electron chi connectivity index (χ0n) is 10.7. The lowest BCUT2D eigenvalue weighted by molar-refractivity contribution is 0.241. The molecule has 0 saturated carbocycles.